The van der Waals surface area contributed by atoms with Gasteiger partial charge in [0.05, 0.1) is 7.11 Å². The average molecular weight is 259 g/mol. The van der Waals surface area contributed by atoms with Crippen LogP contribution in [0.15, 0.2) is 24.3 Å². The van der Waals surface area contributed by atoms with Gasteiger partial charge in [-0.05, 0) is 48.8 Å². The molecule has 0 aromatic heterocycles. The molecule has 3 rings (SSSR count). The van der Waals surface area contributed by atoms with Gasteiger partial charge in [0.15, 0.2) is 0 Å². The van der Waals surface area contributed by atoms with Gasteiger partial charge in [0, 0.05) is 18.0 Å². The van der Waals surface area contributed by atoms with Gasteiger partial charge in [0.25, 0.3) is 0 Å². The smallest absolute Gasteiger partial charge is 0.119 e. The molecule has 2 aliphatic rings. The van der Waals surface area contributed by atoms with Gasteiger partial charge in [-0.15, -0.1) is 0 Å². The lowest BCUT2D eigenvalue weighted by molar-refractivity contribution is 0.113. The van der Waals surface area contributed by atoms with Crippen LogP contribution in [0.3, 0.4) is 0 Å². The Kier molecular flexibility index (Phi) is 3.09. The molecule has 0 unspecified atom stereocenters. The monoisotopic (exact) mass is 259 g/mol. The molecule has 104 valence electrons. The normalized spacial score (nSPS) is 22.3. The molecule has 0 heterocycles. The lowest BCUT2D eigenvalue weighted by Gasteiger charge is -2.50. The highest BCUT2D eigenvalue weighted by atomic mass is 16.5. The van der Waals surface area contributed by atoms with Crippen LogP contribution in [0.4, 0.5) is 0 Å². The first-order chi connectivity index (χ1) is 9.07. The van der Waals surface area contributed by atoms with E-state index in [-0.39, 0.29) is 0 Å². The maximum absolute atomic E-state index is 5.39. The number of ether oxygens (including phenoxy) is 1. The zero-order chi connectivity index (χ0) is 13.5. The molecule has 0 radical (unpaired) electrons. The van der Waals surface area contributed by atoms with E-state index in [0.717, 1.165) is 12.3 Å². The van der Waals surface area contributed by atoms with Crippen molar-refractivity contribution in [2.75, 3.05) is 13.7 Å². The van der Waals surface area contributed by atoms with E-state index in [9.17, 15) is 0 Å². The van der Waals surface area contributed by atoms with Crippen LogP contribution in [-0.2, 0) is 5.41 Å². The Bertz CT molecular complexity index is 454. The highest BCUT2D eigenvalue weighted by molar-refractivity contribution is 5.38. The molecule has 1 N–H and O–H groups in total. The number of methoxy groups -OCH3 is 1. The molecular formula is C17H25NO. The van der Waals surface area contributed by atoms with Crippen LogP contribution in [0, 0.1) is 5.41 Å². The van der Waals surface area contributed by atoms with Gasteiger partial charge in [-0.1, -0.05) is 26.0 Å². The summed E-state index contributed by atoms with van der Waals surface area (Å²) in [5, 5.41) is 3.65. The van der Waals surface area contributed by atoms with E-state index in [0.29, 0.717) is 16.9 Å². The van der Waals surface area contributed by atoms with Gasteiger partial charge in [-0.25, -0.2) is 0 Å². The second-order valence-electron chi connectivity index (χ2n) is 6.90. The Morgan fingerprint density at radius 1 is 1.26 bits per heavy atom. The third-order valence-electron chi connectivity index (χ3n) is 4.91. The SMILES string of the molecule is COc1cccc(C2(CNC(C)C)CC3(CC3)C2)c1. The summed E-state index contributed by atoms with van der Waals surface area (Å²) >= 11 is 0. The highest BCUT2D eigenvalue weighted by Gasteiger charge is 2.60. The first-order valence-corrected chi connectivity index (χ1v) is 7.46. The Balaban J connectivity index is 1.82. The van der Waals surface area contributed by atoms with Crippen molar-refractivity contribution in [2.45, 2.75) is 51.0 Å². The van der Waals surface area contributed by atoms with Gasteiger partial charge >= 0.3 is 0 Å². The van der Waals surface area contributed by atoms with Crippen LogP contribution in [0.25, 0.3) is 0 Å². The Hall–Kier alpha value is -1.02. The minimum atomic E-state index is 0.343. The van der Waals surface area contributed by atoms with Crippen molar-refractivity contribution in [3.63, 3.8) is 0 Å². The van der Waals surface area contributed by atoms with Gasteiger partial charge in [0.1, 0.15) is 5.75 Å². The van der Waals surface area contributed by atoms with Gasteiger partial charge in [0.2, 0.25) is 0 Å². The third kappa shape index (κ3) is 2.38. The molecule has 2 nitrogen and oxygen atoms in total. The molecule has 0 aliphatic heterocycles. The molecule has 0 atom stereocenters. The maximum atomic E-state index is 5.39. The van der Waals surface area contributed by atoms with Gasteiger partial charge in [-0.2, -0.15) is 0 Å². The van der Waals surface area contributed by atoms with E-state index in [4.69, 9.17) is 4.74 Å². The zero-order valence-corrected chi connectivity index (χ0v) is 12.3. The summed E-state index contributed by atoms with van der Waals surface area (Å²) in [5.74, 6) is 0.984. The van der Waals surface area contributed by atoms with E-state index in [2.05, 4.69) is 37.4 Å². The standard InChI is InChI=1S/C17H25NO/c1-13(2)18-12-17(10-16(11-17)7-8-16)14-5-4-6-15(9-14)19-3/h4-6,9,13,18H,7-8,10-12H2,1-3H3. The molecular weight excluding hydrogens is 234 g/mol. The third-order valence-corrected chi connectivity index (χ3v) is 4.91. The molecule has 2 saturated carbocycles. The van der Waals surface area contributed by atoms with Crippen LogP contribution >= 0.6 is 0 Å². The Morgan fingerprint density at radius 2 is 2.00 bits per heavy atom. The molecule has 0 amide bonds. The minimum absolute atomic E-state index is 0.343. The molecule has 2 heteroatoms. The predicted molar refractivity (Wildman–Crippen MR) is 78.7 cm³/mol. The Labute approximate surface area is 116 Å². The van der Waals surface area contributed by atoms with E-state index in [1.54, 1.807) is 7.11 Å². The fourth-order valence-corrected chi connectivity index (χ4v) is 3.70. The lowest BCUT2D eigenvalue weighted by atomic mass is 9.56. The topological polar surface area (TPSA) is 21.3 Å². The largest absolute Gasteiger partial charge is 0.497 e. The average Bonchev–Trinajstić information content (AvgIpc) is 3.15. The summed E-state index contributed by atoms with van der Waals surface area (Å²) in [6.45, 7) is 5.55. The maximum Gasteiger partial charge on any atom is 0.119 e. The summed E-state index contributed by atoms with van der Waals surface area (Å²) < 4.78 is 5.39. The predicted octanol–water partition coefficient (Wildman–Crippen LogP) is 3.51. The van der Waals surface area contributed by atoms with Crippen LogP contribution in [0.2, 0.25) is 0 Å². The minimum Gasteiger partial charge on any atom is -0.497 e. The van der Waals surface area contributed by atoms with Crippen LogP contribution in [-0.4, -0.2) is 19.7 Å². The van der Waals surface area contributed by atoms with E-state index < -0.39 is 0 Å². The molecule has 1 aromatic carbocycles. The number of hydrogen-bond donors (Lipinski definition) is 1. The number of benzene rings is 1. The van der Waals surface area contributed by atoms with Crippen molar-refractivity contribution < 1.29 is 4.74 Å². The van der Waals surface area contributed by atoms with Crippen LogP contribution in [0.5, 0.6) is 5.75 Å². The van der Waals surface area contributed by atoms with E-state index in [1.807, 2.05) is 6.07 Å². The molecule has 1 aromatic rings. The van der Waals surface area contributed by atoms with Crippen molar-refractivity contribution in [1.29, 1.82) is 0 Å². The highest BCUT2D eigenvalue weighted by Crippen LogP contribution is 2.68. The van der Waals surface area contributed by atoms with Gasteiger partial charge < -0.3 is 10.1 Å². The first kappa shape index (κ1) is 13.0. The summed E-state index contributed by atoms with van der Waals surface area (Å²) in [4.78, 5) is 0. The van der Waals surface area contributed by atoms with Crippen molar-refractivity contribution in [2.24, 2.45) is 5.41 Å². The summed E-state index contributed by atoms with van der Waals surface area (Å²) in [7, 11) is 1.75. The van der Waals surface area contributed by atoms with Crippen molar-refractivity contribution in [3.05, 3.63) is 29.8 Å². The second-order valence-corrected chi connectivity index (χ2v) is 6.90. The number of hydrogen-bond acceptors (Lipinski definition) is 2. The van der Waals surface area contributed by atoms with Crippen LogP contribution < -0.4 is 10.1 Å². The molecule has 2 aliphatic carbocycles. The number of rotatable bonds is 5. The van der Waals surface area contributed by atoms with Crippen molar-refractivity contribution >= 4 is 0 Å². The summed E-state index contributed by atoms with van der Waals surface area (Å²) in [5.41, 5.74) is 2.51. The zero-order valence-electron chi connectivity index (χ0n) is 12.3. The van der Waals surface area contributed by atoms with Crippen LogP contribution in [0.1, 0.15) is 45.1 Å². The lowest BCUT2D eigenvalue weighted by Crippen LogP contribution is -2.50. The first-order valence-electron chi connectivity index (χ1n) is 7.46. The fraction of sp³-hybridized carbons (Fsp3) is 0.647. The van der Waals surface area contributed by atoms with Gasteiger partial charge in [-0.3, -0.25) is 0 Å². The van der Waals surface area contributed by atoms with E-state index in [1.165, 1.54) is 31.2 Å². The quantitative estimate of drug-likeness (QED) is 0.873. The molecule has 1 spiro atoms. The Morgan fingerprint density at radius 3 is 2.58 bits per heavy atom. The molecule has 0 bridgehead atoms. The summed E-state index contributed by atoms with van der Waals surface area (Å²) in [6, 6.07) is 9.23. The molecule has 2 fully saturated rings. The molecule has 0 saturated heterocycles. The van der Waals surface area contributed by atoms with Crippen molar-refractivity contribution in [1.82, 2.24) is 5.32 Å². The fourth-order valence-electron chi connectivity index (χ4n) is 3.70. The van der Waals surface area contributed by atoms with Crippen molar-refractivity contribution in [3.8, 4) is 5.75 Å². The van der Waals surface area contributed by atoms with E-state index >= 15 is 0 Å². The molecule has 19 heavy (non-hydrogen) atoms. The summed E-state index contributed by atoms with van der Waals surface area (Å²) in [6.07, 6.45) is 5.60. The second kappa shape index (κ2) is 4.52. The number of nitrogens with one attached hydrogen (secondary N) is 1.